The van der Waals surface area contributed by atoms with Crippen LogP contribution in [0.5, 0.6) is 0 Å². The molecule has 0 saturated heterocycles. The summed E-state index contributed by atoms with van der Waals surface area (Å²) >= 11 is 5.84. The standard InChI is InChI=1S/C24H28ClN3O4S/c1-32-24(29)11-8-22-16-20(18-28(22)15-3-5-19-4-2-13-26-17-19)12-14-27-33(30,31)23-9-6-21(25)7-10-23/h2,4,6-7,9-10,13,16-18,27H,3,5,8,11-12,14-15H2,1H3. The molecule has 2 aromatic heterocycles. The number of hydrogen-bond donors (Lipinski definition) is 1. The summed E-state index contributed by atoms with van der Waals surface area (Å²) in [4.78, 5) is 15.9. The van der Waals surface area contributed by atoms with Crippen molar-refractivity contribution >= 4 is 27.6 Å². The van der Waals surface area contributed by atoms with Crippen LogP contribution in [0.3, 0.4) is 0 Å². The minimum atomic E-state index is -3.60. The van der Waals surface area contributed by atoms with Crippen molar-refractivity contribution in [2.24, 2.45) is 0 Å². The number of carbonyl (C=O) groups excluding carboxylic acids is 1. The lowest BCUT2D eigenvalue weighted by Gasteiger charge is -2.09. The van der Waals surface area contributed by atoms with Gasteiger partial charge in [0.1, 0.15) is 0 Å². The predicted octanol–water partition coefficient (Wildman–Crippen LogP) is 3.80. The Morgan fingerprint density at radius 1 is 1.12 bits per heavy atom. The number of nitrogens with zero attached hydrogens (tertiary/aromatic N) is 2. The number of methoxy groups -OCH3 is 1. The highest BCUT2D eigenvalue weighted by molar-refractivity contribution is 7.89. The number of esters is 1. The monoisotopic (exact) mass is 489 g/mol. The van der Waals surface area contributed by atoms with Crippen LogP contribution in [0.4, 0.5) is 0 Å². The number of benzene rings is 1. The zero-order valence-corrected chi connectivity index (χ0v) is 20.1. The summed E-state index contributed by atoms with van der Waals surface area (Å²) in [7, 11) is -2.22. The molecule has 0 aliphatic heterocycles. The first kappa shape index (κ1) is 25.0. The van der Waals surface area contributed by atoms with Gasteiger partial charge >= 0.3 is 5.97 Å². The molecule has 0 bridgehead atoms. The molecule has 3 aromatic rings. The quantitative estimate of drug-likeness (QED) is 0.391. The summed E-state index contributed by atoms with van der Waals surface area (Å²) < 4.78 is 34.5. The molecule has 0 unspecified atom stereocenters. The molecule has 1 aromatic carbocycles. The van der Waals surface area contributed by atoms with Gasteiger partial charge in [0.2, 0.25) is 10.0 Å². The van der Waals surface area contributed by atoms with Gasteiger partial charge in [-0.25, -0.2) is 13.1 Å². The molecule has 2 heterocycles. The number of halogens is 1. The number of aryl methyl sites for hydroxylation is 3. The Bertz CT molecular complexity index is 1150. The topological polar surface area (TPSA) is 90.3 Å². The second-order valence-electron chi connectivity index (χ2n) is 7.68. The zero-order chi connectivity index (χ0) is 23.7. The third-order valence-electron chi connectivity index (χ3n) is 5.27. The zero-order valence-electron chi connectivity index (χ0n) is 18.5. The van der Waals surface area contributed by atoms with Gasteiger partial charge in [-0.15, -0.1) is 0 Å². The van der Waals surface area contributed by atoms with Crippen molar-refractivity contribution in [2.45, 2.75) is 43.5 Å². The number of sulfonamides is 1. The fourth-order valence-corrected chi connectivity index (χ4v) is 4.69. The van der Waals surface area contributed by atoms with Crippen LogP contribution in [-0.4, -0.2) is 37.6 Å². The Kier molecular flexibility index (Phi) is 9.05. The maximum atomic E-state index is 12.5. The van der Waals surface area contributed by atoms with E-state index in [1.807, 2.05) is 24.5 Å². The van der Waals surface area contributed by atoms with Crippen LogP contribution in [0.1, 0.15) is 29.7 Å². The van der Waals surface area contributed by atoms with E-state index in [-0.39, 0.29) is 17.4 Å². The Morgan fingerprint density at radius 2 is 1.91 bits per heavy atom. The molecular weight excluding hydrogens is 462 g/mol. The normalized spacial score (nSPS) is 11.5. The lowest BCUT2D eigenvalue weighted by molar-refractivity contribution is -0.140. The van der Waals surface area contributed by atoms with Gasteiger partial charge < -0.3 is 9.30 Å². The Morgan fingerprint density at radius 3 is 2.61 bits per heavy atom. The van der Waals surface area contributed by atoms with Gasteiger partial charge in [-0.2, -0.15) is 0 Å². The highest BCUT2D eigenvalue weighted by atomic mass is 35.5. The lowest BCUT2D eigenvalue weighted by Crippen LogP contribution is -2.25. The molecule has 0 radical (unpaired) electrons. The van der Waals surface area contributed by atoms with Crippen LogP contribution < -0.4 is 4.72 Å². The fraction of sp³-hybridized carbons (Fsp3) is 0.333. The van der Waals surface area contributed by atoms with Crippen molar-refractivity contribution in [1.82, 2.24) is 14.3 Å². The van der Waals surface area contributed by atoms with Gasteiger partial charge in [0, 0.05) is 42.4 Å². The maximum absolute atomic E-state index is 12.5. The van der Waals surface area contributed by atoms with Gasteiger partial charge in [0.25, 0.3) is 0 Å². The number of nitrogens with one attached hydrogen (secondary N) is 1. The molecule has 0 aliphatic carbocycles. The molecule has 0 amide bonds. The highest BCUT2D eigenvalue weighted by Crippen LogP contribution is 2.16. The summed E-state index contributed by atoms with van der Waals surface area (Å²) in [6.45, 7) is 1.06. The first-order chi connectivity index (χ1) is 15.9. The summed E-state index contributed by atoms with van der Waals surface area (Å²) in [5, 5.41) is 0.485. The number of carbonyl (C=O) groups is 1. The van der Waals surface area contributed by atoms with Crippen molar-refractivity contribution in [3.63, 3.8) is 0 Å². The fourth-order valence-electron chi connectivity index (χ4n) is 3.54. The summed E-state index contributed by atoms with van der Waals surface area (Å²) in [5.74, 6) is -0.254. The number of ether oxygens (including phenoxy) is 1. The van der Waals surface area contributed by atoms with Crippen LogP contribution in [0, 0.1) is 0 Å². The van der Waals surface area contributed by atoms with Crippen molar-refractivity contribution in [1.29, 1.82) is 0 Å². The molecule has 0 aliphatic rings. The molecule has 1 N–H and O–H groups in total. The molecule has 7 nitrogen and oxygen atoms in total. The van der Waals surface area contributed by atoms with E-state index in [1.165, 1.54) is 24.8 Å². The van der Waals surface area contributed by atoms with E-state index in [4.69, 9.17) is 16.3 Å². The second-order valence-corrected chi connectivity index (χ2v) is 9.88. The third kappa shape index (κ3) is 7.70. The largest absolute Gasteiger partial charge is 0.469 e. The number of pyridine rings is 1. The molecule has 3 rings (SSSR count). The molecule has 33 heavy (non-hydrogen) atoms. The Balaban J connectivity index is 1.61. The van der Waals surface area contributed by atoms with E-state index < -0.39 is 10.0 Å². The van der Waals surface area contributed by atoms with Crippen LogP contribution in [-0.2, 0) is 45.4 Å². The van der Waals surface area contributed by atoms with Gasteiger partial charge in [-0.05, 0) is 73.2 Å². The van der Waals surface area contributed by atoms with Crippen molar-refractivity contribution in [2.75, 3.05) is 13.7 Å². The van der Waals surface area contributed by atoms with Gasteiger partial charge in [0.15, 0.2) is 0 Å². The summed E-state index contributed by atoms with van der Waals surface area (Å²) in [6, 6.07) is 12.1. The van der Waals surface area contributed by atoms with Crippen LogP contribution in [0.2, 0.25) is 5.02 Å². The van der Waals surface area contributed by atoms with Gasteiger partial charge in [-0.1, -0.05) is 17.7 Å². The Hall–Kier alpha value is -2.68. The maximum Gasteiger partial charge on any atom is 0.305 e. The number of hydrogen-bond acceptors (Lipinski definition) is 5. The van der Waals surface area contributed by atoms with Gasteiger partial charge in [0.05, 0.1) is 18.4 Å². The van der Waals surface area contributed by atoms with Crippen LogP contribution in [0.15, 0.2) is 66.0 Å². The predicted molar refractivity (Wildman–Crippen MR) is 128 cm³/mol. The van der Waals surface area contributed by atoms with E-state index in [0.29, 0.717) is 24.3 Å². The molecule has 0 fully saturated rings. The van der Waals surface area contributed by atoms with E-state index in [1.54, 1.807) is 18.3 Å². The highest BCUT2D eigenvalue weighted by Gasteiger charge is 2.14. The molecule has 0 spiro atoms. The van der Waals surface area contributed by atoms with E-state index in [2.05, 4.69) is 20.3 Å². The van der Waals surface area contributed by atoms with Crippen molar-refractivity contribution in [3.05, 3.63) is 82.9 Å². The van der Waals surface area contributed by atoms with Crippen molar-refractivity contribution in [3.8, 4) is 0 Å². The molecule has 0 saturated carbocycles. The van der Waals surface area contributed by atoms with E-state index in [0.717, 1.165) is 30.6 Å². The Labute approximate surface area is 199 Å². The SMILES string of the molecule is COC(=O)CCc1cc(CCNS(=O)(=O)c2ccc(Cl)cc2)cn1CCCc1cccnc1. The lowest BCUT2D eigenvalue weighted by atomic mass is 10.1. The summed E-state index contributed by atoms with van der Waals surface area (Å²) in [5.41, 5.74) is 3.22. The number of rotatable bonds is 12. The van der Waals surface area contributed by atoms with E-state index >= 15 is 0 Å². The second kappa shape index (κ2) is 12.0. The minimum absolute atomic E-state index is 0.179. The van der Waals surface area contributed by atoms with Crippen LogP contribution in [0.25, 0.3) is 0 Å². The van der Waals surface area contributed by atoms with Crippen molar-refractivity contribution < 1.29 is 17.9 Å². The molecule has 176 valence electrons. The third-order valence-corrected chi connectivity index (χ3v) is 7.00. The molecular formula is C24H28ClN3O4S. The summed E-state index contributed by atoms with van der Waals surface area (Å²) in [6.07, 6.45) is 8.88. The minimum Gasteiger partial charge on any atom is -0.469 e. The average molecular weight is 490 g/mol. The van der Waals surface area contributed by atoms with Crippen LogP contribution >= 0.6 is 11.6 Å². The van der Waals surface area contributed by atoms with E-state index in [9.17, 15) is 13.2 Å². The molecule has 0 atom stereocenters. The average Bonchev–Trinajstić information content (AvgIpc) is 3.20. The first-order valence-corrected chi connectivity index (χ1v) is 12.6. The number of aromatic nitrogens is 2. The molecule has 9 heteroatoms. The first-order valence-electron chi connectivity index (χ1n) is 10.8. The smallest absolute Gasteiger partial charge is 0.305 e. The van der Waals surface area contributed by atoms with Gasteiger partial charge in [-0.3, -0.25) is 9.78 Å².